The number of nitrogens with zero attached hydrogens (tertiary/aromatic N) is 3. The summed E-state index contributed by atoms with van der Waals surface area (Å²) in [6, 6.07) is 8.51. The molecule has 4 unspecified atom stereocenters. The van der Waals surface area contributed by atoms with Crippen LogP contribution in [0.5, 0.6) is 0 Å². The van der Waals surface area contributed by atoms with E-state index in [0.29, 0.717) is 25.1 Å². The lowest BCUT2D eigenvalue weighted by atomic mass is 9.84. The number of hydrogen-bond acceptors (Lipinski definition) is 4. The van der Waals surface area contributed by atoms with Gasteiger partial charge in [0.15, 0.2) is 0 Å². The maximum absolute atomic E-state index is 14.3. The fourth-order valence-electron chi connectivity index (χ4n) is 4.19. The lowest BCUT2D eigenvalue weighted by molar-refractivity contribution is -0.137. The van der Waals surface area contributed by atoms with Crippen molar-refractivity contribution in [3.63, 3.8) is 0 Å². The molecule has 1 aromatic carbocycles. The monoisotopic (exact) mass is 357 g/mol. The zero-order valence-corrected chi connectivity index (χ0v) is 14.8. The number of carbonyl (C=O) groups is 1. The number of benzene rings is 1. The lowest BCUT2D eigenvalue weighted by Gasteiger charge is -2.37. The lowest BCUT2D eigenvalue weighted by Crippen LogP contribution is -2.49. The Morgan fingerprint density at radius 3 is 2.92 bits per heavy atom. The fourth-order valence-corrected chi connectivity index (χ4v) is 4.19. The van der Waals surface area contributed by atoms with E-state index >= 15 is 0 Å². The van der Waals surface area contributed by atoms with Crippen LogP contribution in [-0.4, -0.2) is 39.7 Å². The predicted octanol–water partition coefficient (Wildman–Crippen LogP) is 2.04. The second-order valence-electron chi connectivity index (χ2n) is 7.04. The van der Waals surface area contributed by atoms with Crippen molar-refractivity contribution in [2.24, 2.45) is 5.92 Å². The summed E-state index contributed by atoms with van der Waals surface area (Å²) in [6.07, 6.45) is 5.07. The third kappa shape index (κ3) is 3.01. The molecule has 2 saturated heterocycles. The molecule has 4 atom stereocenters. The molecular weight excluding hydrogens is 333 g/mol. The molecule has 0 saturated carbocycles. The Morgan fingerprint density at radius 1 is 1.35 bits per heavy atom. The number of carbonyl (C=O) groups excluding carboxylic acids is 1. The molecule has 0 radical (unpaired) electrons. The third-order valence-electron chi connectivity index (χ3n) is 5.58. The van der Waals surface area contributed by atoms with E-state index < -0.39 is 0 Å². The molecule has 2 aromatic rings. The summed E-state index contributed by atoms with van der Waals surface area (Å²) in [6.45, 7) is 3.31. The van der Waals surface area contributed by atoms with E-state index in [1.54, 1.807) is 16.9 Å². The summed E-state index contributed by atoms with van der Waals surface area (Å²) in [7, 11) is 0. The van der Waals surface area contributed by atoms with Crippen LogP contribution in [0.25, 0.3) is 0 Å². The average molecular weight is 357 g/mol. The van der Waals surface area contributed by atoms with Gasteiger partial charge in [-0.15, -0.1) is 0 Å². The number of aromatic nitrogens is 2. The van der Waals surface area contributed by atoms with Gasteiger partial charge in [-0.1, -0.05) is 25.1 Å². The second-order valence-corrected chi connectivity index (χ2v) is 7.04. The molecule has 1 aromatic heterocycles. The molecular formula is C19H24FN5O. The predicted molar refractivity (Wildman–Crippen MR) is 95.4 cm³/mol. The van der Waals surface area contributed by atoms with E-state index in [1.807, 2.05) is 36.2 Å². The molecule has 2 fully saturated rings. The summed E-state index contributed by atoms with van der Waals surface area (Å²) in [5.41, 5.74) is 7.19. The molecule has 6 nitrogen and oxygen atoms in total. The van der Waals surface area contributed by atoms with Crippen molar-refractivity contribution in [1.82, 2.24) is 25.5 Å². The standard InChI is InChI=1S/C19H24FN5O/c1-2-17(25-10-5-9-21-25)19(26)24-11-8-16-14(12-24)18(23-22-16)13-6-3-4-7-15(13)20/h3-7,9-10,14,16-18,22-23H,2,8,11-12H2,1H3. The Balaban J connectivity index is 1.53. The highest BCUT2D eigenvalue weighted by Gasteiger charge is 2.43. The van der Waals surface area contributed by atoms with Crippen molar-refractivity contribution in [3.05, 3.63) is 54.1 Å². The van der Waals surface area contributed by atoms with Gasteiger partial charge in [-0.25, -0.2) is 9.82 Å². The van der Waals surface area contributed by atoms with E-state index in [1.165, 1.54) is 6.07 Å². The minimum Gasteiger partial charge on any atom is -0.340 e. The zero-order valence-electron chi connectivity index (χ0n) is 14.8. The summed E-state index contributed by atoms with van der Waals surface area (Å²) < 4.78 is 16.0. The van der Waals surface area contributed by atoms with Crippen LogP contribution in [0.1, 0.15) is 37.4 Å². The molecule has 138 valence electrons. The number of likely N-dealkylation sites (tertiary alicyclic amines) is 1. The maximum atomic E-state index is 14.3. The fraction of sp³-hybridized carbons (Fsp3) is 0.474. The first-order chi connectivity index (χ1) is 12.7. The molecule has 26 heavy (non-hydrogen) atoms. The van der Waals surface area contributed by atoms with Gasteiger partial charge in [0, 0.05) is 43.0 Å². The molecule has 3 heterocycles. The summed E-state index contributed by atoms with van der Waals surface area (Å²) in [4.78, 5) is 15.0. The third-order valence-corrected chi connectivity index (χ3v) is 5.58. The number of rotatable bonds is 4. The Kier molecular flexibility index (Phi) is 4.74. The van der Waals surface area contributed by atoms with Crippen LogP contribution in [0, 0.1) is 11.7 Å². The smallest absolute Gasteiger partial charge is 0.247 e. The van der Waals surface area contributed by atoms with Gasteiger partial charge in [0.2, 0.25) is 5.91 Å². The largest absolute Gasteiger partial charge is 0.340 e. The van der Waals surface area contributed by atoms with Gasteiger partial charge in [0.25, 0.3) is 0 Å². The van der Waals surface area contributed by atoms with Crippen molar-refractivity contribution >= 4 is 5.91 Å². The van der Waals surface area contributed by atoms with Gasteiger partial charge in [0.1, 0.15) is 11.9 Å². The average Bonchev–Trinajstić information content (AvgIpc) is 3.32. The van der Waals surface area contributed by atoms with Crippen LogP contribution in [0.2, 0.25) is 0 Å². The SMILES string of the molecule is CCC(C(=O)N1CCC2NNC(c3ccccc3F)C2C1)n1cccn1. The van der Waals surface area contributed by atoms with Gasteiger partial charge in [-0.3, -0.25) is 14.9 Å². The number of hydrazine groups is 1. The van der Waals surface area contributed by atoms with Crippen LogP contribution in [-0.2, 0) is 4.79 Å². The van der Waals surface area contributed by atoms with Crippen molar-refractivity contribution < 1.29 is 9.18 Å². The Labute approximate surface area is 152 Å². The van der Waals surface area contributed by atoms with Crippen molar-refractivity contribution in [3.8, 4) is 0 Å². The van der Waals surface area contributed by atoms with Crippen LogP contribution >= 0.6 is 0 Å². The first-order valence-electron chi connectivity index (χ1n) is 9.22. The topological polar surface area (TPSA) is 62.2 Å². The normalized spacial score (nSPS) is 26.5. The van der Waals surface area contributed by atoms with E-state index in [2.05, 4.69) is 16.0 Å². The number of hydrogen-bond donors (Lipinski definition) is 2. The van der Waals surface area contributed by atoms with Crippen molar-refractivity contribution in [2.45, 2.75) is 37.9 Å². The van der Waals surface area contributed by atoms with Gasteiger partial charge >= 0.3 is 0 Å². The van der Waals surface area contributed by atoms with Crippen molar-refractivity contribution in [2.75, 3.05) is 13.1 Å². The minimum absolute atomic E-state index is 0.0915. The number of nitrogens with one attached hydrogen (secondary N) is 2. The number of fused-ring (bicyclic) bond motifs is 1. The molecule has 2 aliphatic heterocycles. The molecule has 0 bridgehead atoms. The number of amides is 1. The molecule has 4 rings (SSSR count). The molecule has 0 spiro atoms. The number of piperidine rings is 1. The van der Waals surface area contributed by atoms with Gasteiger partial charge < -0.3 is 4.90 Å². The minimum atomic E-state index is -0.282. The summed E-state index contributed by atoms with van der Waals surface area (Å²) in [5, 5.41) is 4.24. The Hall–Kier alpha value is -2.25. The van der Waals surface area contributed by atoms with E-state index in [-0.39, 0.29) is 35.8 Å². The summed E-state index contributed by atoms with van der Waals surface area (Å²) >= 11 is 0. The molecule has 0 aliphatic carbocycles. The maximum Gasteiger partial charge on any atom is 0.247 e. The van der Waals surface area contributed by atoms with Crippen molar-refractivity contribution in [1.29, 1.82) is 0 Å². The highest BCUT2D eigenvalue weighted by Crippen LogP contribution is 2.35. The first kappa shape index (κ1) is 17.2. The molecule has 2 N–H and O–H groups in total. The quantitative estimate of drug-likeness (QED) is 0.879. The van der Waals surface area contributed by atoms with Crippen LogP contribution < -0.4 is 10.9 Å². The van der Waals surface area contributed by atoms with Crippen LogP contribution in [0.15, 0.2) is 42.7 Å². The number of halogens is 1. The first-order valence-corrected chi connectivity index (χ1v) is 9.22. The summed E-state index contributed by atoms with van der Waals surface area (Å²) in [5.74, 6) is 0.0208. The highest BCUT2D eigenvalue weighted by atomic mass is 19.1. The molecule has 2 aliphatic rings. The molecule has 1 amide bonds. The van der Waals surface area contributed by atoms with Gasteiger partial charge in [-0.05, 0) is 25.0 Å². The van der Waals surface area contributed by atoms with Gasteiger partial charge in [0.05, 0.1) is 6.04 Å². The van der Waals surface area contributed by atoms with E-state index in [0.717, 1.165) is 6.42 Å². The molecule has 7 heteroatoms. The Bertz CT molecular complexity index is 765. The van der Waals surface area contributed by atoms with Crippen LogP contribution in [0.4, 0.5) is 4.39 Å². The zero-order chi connectivity index (χ0) is 18.1. The highest BCUT2D eigenvalue weighted by molar-refractivity contribution is 5.80. The second kappa shape index (κ2) is 7.17. The Morgan fingerprint density at radius 2 is 2.19 bits per heavy atom. The van der Waals surface area contributed by atoms with Crippen LogP contribution in [0.3, 0.4) is 0 Å². The van der Waals surface area contributed by atoms with E-state index in [9.17, 15) is 9.18 Å². The van der Waals surface area contributed by atoms with Gasteiger partial charge in [-0.2, -0.15) is 5.10 Å². The van der Waals surface area contributed by atoms with E-state index in [4.69, 9.17) is 0 Å².